The van der Waals surface area contributed by atoms with Gasteiger partial charge >= 0.3 is 0 Å². The fraction of sp³-hybridized carbons (Fsp3) is 0.667. The van der Waals surface area contributed by atoms with Crippen molar-refractivity contribution in [3.8, 4) is 0 Å². The van der Waals surface area contributed by atoms with Crippen LogP contribution in [-0.4, -0.2) is 39.1 Å². The molecule has 2 heterocycles. The summed E-state index contributed by atoms with van der Waals surface area (Å²) in [6, 6.07) is 4.05. The van der Waals surface area contributed by atoms with Gasteiger partial charge in [-0.1, -0.05) is 13.3 Å². The Hall–Kier alpha value is -0.720. The first-order valence-electron chi connectivity index (χ1n) is 7.39. The fourth-order valence-corrected chi connectivity index (χ4v) is 3.91. The third-order valence-corrected chi connectivity index (χ3v) is 6.22. The lowest BCUT2D eigenvalue weighted by atomic mass is 10.2. The molecule has 2 rings (SSSR count). The highest BCUT2D eigenvalue weighted by Gasteiger charge is 2.40. The number of thiophene rings is 1. The maximum atomic E-state index is 12.6. The Kier molecular flexibility index (Phi) is 5.57. The SMILES string of the molecule is CCCC1NC(c2ccc(C)s2)N(CC(C)S(C)=O)C1=O. The number of nitrogens with zero attached hydrogens (tertiary/aromatic N) is 1. The second-order valence-corrected chi connectivity index (χ2v) is 8.78. The van der Waals surface area contributed by atoms with Gasteiger partial charge in [0.25, 0.3) is 0 Å². The molecule has 1 N–H and O–H groups in total. The molecule has 0 aliphatic carbocycles. The van der Waals surface area contributed by atoms with Gasteiger partial charge in [0.15, 0.2) is 0 Å². The molecule has 21 heavy (non-hydrogen) atoms. The number of rotatable bonds is 6. The van der Waals surface area contributed by atoms with Crippen LogP contribution in [0.1, 0.15) is 42.6 Å². The van der Waals surface area contributed by atoms with E-state index in [0.717, 1.165) is 17.7 Å². The van der Waals surface area contributed by atoms with Gasteiger partial charge in [0.05, 0.1) is 6.04 Å². The average molecular weight is 329 g/mol. The zero-order chi connectivity index (χ0) is 15.6. The summed E-state index contributed by atoms with van der Waals surface area (Å²) in [7, 11) is -0.921. The number of nitrogens with one attached hydrogen (secondary N) is 1. The maximum absolute atomic E-state index is 12.6. The molecule has 0 spiro atoms. The Balaban J connectivity index is 2.22. The quantitative estimate of drug-likeness (QED) is 0.872. The van der Waals surface area contributed by atoms with Crippen molar-refractivity contribution in [1.82, 2.24) is 10.2 Å². The maximum Gasteiger partial charge on any atom is 0.241 e. The van der Waals surface area contributed by atoms with E-state index in [0.29, 0.717) is 6.54 Å². The predicted molar refractivity (Wildman–Crippen MR) is 88.9 cm³/mol. The van der Waals surface area contributed by atoms with Crippen molar-refractivity contribution in [2.45, 2.75) is 51.1 Å². The van der Waals surface area contributed by atoms with Crippen molar-refractivity contribution in [1.29, 1.82) is 0 Å². The summed E-state index contributed by atoms with van der Waals surface area (Å²) < 4.78 is 11.6. The molecule has 0 radical (unpaired) electrons. The van der Waals surface area contributed by atoms with Gasteiger partial charge in [-0.15, -0.1) is 11.3 Å². The molecule has 4 unspecified atom stereocenters. The highest BCUT2D eigenvalue weighted by atomic mass is 32.2. The molecule has 0 aromatic carbocycles. The third kappa shape index (κ3) is 3.73. The first-order chi connectivity index (χ1) is 9.93. The van der Waals surface area contributed by atoms with E-state index in [4.69, 9.17) is 0 Å². The van der Waals surface area contributed by atoms with E-state index in [1.807, 2.05) is 11.8 Å². The van der Waals surface area contributed by atoms with Crippen molar-refractivity contribution < 1.29 is 9.00 Å². The molecule has 1 aliphatic rings. The molecule has 1 fully saturated rings. The molecule has 0 saturated carbocycles. The van der Waals surface area contributed by atoms with Gasteiger partial charge in [-0.05, 0) is 32.4 Å². The smallest absolute Gasteiger partial charge is 0.241 e. The standard InChI is InChI=1S/C15H24N2O2S2/c1-5-6-12-15(18)17(9-11(3)21(4)19)14(16-12)13-8-7-10(2)20-13/h7-8,11-12,14,16H,5-6,9H2,1-4H3. The Morgan fingerprint density at radius 3 is 2.71 bits per heavy atom. The molecule has 4 nitrogen and oxygen atoms in total. The van der Waals surface area contributed by atoms with E-state index in [-0.39, 0.29) is 23.4 Å². The van der Waals surface area contributed by atoms with Crippen LogP contribution in [-0.2, 0) is 15.6 Å². The van der Waals surface area contributed by atoms with Gasteiger partial charge in [-0.2, -0.15) is 0 Å². The van der Waals surface area contributed by atoms with Crippen molar-refractivity contribution in [2.75, 3.05) is 12.8 Å². The largest absolute Gasteiger partial charge is 0.320 e. The second kappa shape index (κ2) is 7.03. The molecule has 1 amide bonds. The number of amides is 1. The second-order valence-electron chi connectivity index (χ2n) is 5.66. The number of aryl methyl sites for hydroxylation is 1. The molecule has 1 saturated heterocycles. The van der Waals surface area contributed by atoms with Crippen LogP contribution in [0.4, 0.5) is 0 Å². The molecule has 118 valence electrons. The van der Waals surface area contributed by atoms with Crippen LogP contribution < -0.4 is 5.32 Å². The van der Waals surface area contributed by atoms with E-state index < -0.39 is 10.8 Å². The average Bonchev–Trinajstić information content (AvgIpc) is 2.97. The van der Waals surface area contributed by atoms with Crippen LogP contribution in [0.5, 0.6) is 0 Å². The lowest BCUT2D eigenvalue weighted by molar-refractivity contribution is -0.130. The molecular formula is C15H24N2O2S2. The Labute approximate surface area is 133 Å². The van der Waals surface area contributed by atoms with Gasteiger partial charge in [0.2, 0.25) is 5.91 Å². The number of carbonyl (C=O) groups excluding carboxylic acids is 1. The van der Waals surface area contributed by atoms with Gasteiger partial charge in [-0.25, -0.2) is 0 Å². The summed E-state index contributed by atoms with van der Waals surface area (Å²) in [5.41, 5.74) is 0. The number of hydrogen-bond acceptors (Lipinski definition) is 4. The van der Waals surface area contributed by atoms with Gasteiger partial charge in [0, 0.05) is 38.6 Å². The van der Waals surface area contributed by atoms with Gasteiger partial charge in [0.1, 0.15) is 6.17 Å². The zero-order valence-corrected chi connectivity index (χ0v) is 14.7. The minimum atomic E-state index is -0.921. The zero-order valence-electron chi connectivity index (χ0n) is 13.1. The van der Waals surface area contributed by atoms with Crippen molar-refractivity contribution >= 4 is 28.0 Å². The predicted octanol–water partition coefficient (Wildman–Crippen LogP) is 2.42. The van der Waals surface area contributed by atoms with Crippen molar-refractivity contribution in [3.05, 3.63) is 21.9 Å². The van der Waals surface area contributed by atoms with E-state index in [2.05, 4.69) is 31.3 Å². The first kappa shape index (κ1) is 16.6. The minimum Gasteiger partial charge on any atom is -0.320 e. The number of hydrogen-bond donors (Lipinski definition) is 1. The molecule has 6 heteroatoms. The van der Waals surface area contributed by atoms with Crippen LogP contribution in [0.25, 0.3) is 0 Å². The Morgan fingerprint density at radius 2 is 2.19 bits per heavy atom. The van der Waals surface area contributed by atoms with E-state index >= 15 is 0 Å². The minimum absolute atomic E-state index is 0.0142. The third-order valence-electron chi connectivity index (χ3n) is 3.88. The van der Waals surface area contributed by atoms with Gasteiger partial charge in [-0.3, -0.25) is 14.3 Å². The number of carbonyl (C=O) groups is 1. The lowest BCUT2D eigenvalue weighted by Gasteiger charge is -2.25. The molecule has 1 aromatic heterocycles. The highest BCUT2D eigenvalue weighted by Crippen LogP contribution is 2.31. The van der Waals surface area contributed by atoms with Crippen LogP contribution in [0.15, 0.2) is 12.1 Å². The summed E-state index contributed by atoms with van der Waals surface area (Å²) in [5, 5.41) is 3.44. The van der Waals surface area contributed by atoms with Gasteiger partial charge < -0.3 is 4.90 Å². The first-order valence-corrected chi connectivity index (χ1v) is 9.83. The van der Waals surface area contributed by atoms with Crippen LogP contribution in [0.2, 0.25) is 0 Å². The van der Waals surface area contributed by atoms with Crippen molar-refractivity contribution in [2.24, 2.45) is 0 Å². The van der Waals surface area contributed by atoms with Crippen LogP contribution in [0, 0.1) is 6.92 Å². The normalized spacial score (nSPS) is 25.3. The Bertz CT molecular complexity index is 529. The molecular weight excluding hydrogens is 304 g/mol. The summed E-state index contributed by atoms with van der Waals surface area (Å²) in [6.07, 6.45) is 3.45. The van der Waals surface area contributed by atoms with E-state index in [1.54, 1.807) is 17.6 Å². The monoisotopic (exact) mass is 328 g/mol. The van der Waals surface area contributed by atoms with Crippen LogP contribution >= 0.6 is 11.3 Å². The van der Waals surface area contributed by atoms with Crippen molar-refractivity contribution in [3.63, 3.8) is 0 Å². The molecule has 1 aliphatic heterocycles. The topological polar surface area (TPSA) is 49.4 Å². The summed E-state index contributed by atoms with van der Waals surface area (Å²) in [4.78, 5) is 16.9. The highest BCUT2D eigenvalue weighted by molar-refractivity contribution is 7.84. The van der Waals surface area contributed by atoms with E-state index in [1.165, 1.54) is 4.88 Å². The van der Waals surface area contributed by atoms with E-state index in [9.17, 15) is 9.00 Å². The van der Waals surface area contributed by atoms with Crippen LogP contribution in [0.3, 0.4) is 0 Å². The molecule has 1 aromatic rings. The summed E-state index contributed by atoms with van der Waals surface area (Å²) >= 11 is 1.71. The molecule has 0 bridgehead atoms. The Morgan fingerprint density at radius 1 is 1.48 bits per heavy atom. The molecule has 4 atom stereocenters. The summed E-state index contributed by atoms with van der Waals surface area (Å²) in [5.74, 6) is 0.144. The lowest BCUT2D eigenvalue weighted by Crippen LogP contribution is -2.37. The fourth-order valence-electron chi connectivity index (χ4n) is 2.59. The summed E-state index contributed by atoms with van der Waals surface area (Å²) in [6.45, 7) is 6.64.